The highest BCUT2D eigenvalue weighted by Gasteiger charge is 2.31. The zero-order valence-corrected chi connectivity index (χ0v) is 12.9. The van der Waals surface area contributed by atoms with Crippen molar-refractivity contribution in [1.29, 1.82) is 0 Å². The Bertz CT molecular complexity index is 761. The summed E-state index contributed by atoms with van der Waals surface area (Å²) in [5, 5.41) is 1.68. The topological polar surface area (TPSA) is 39.2 Å². The second-order valence-corrected chi connectivity index (χ2v) is 6.33. The maximum absolute atomic E-state index is 6.48. The molecule has 0 spiro atoms. The van der Waals surface area contributed by atoms with E-state index < -0.39 is 0 Å². The number of hydrogen-bond donors (Lipinski definition) is 1. The molecule has 0 bridgehead atoms. The van der Waals surface area contributed by atoms with E-state index in [0.29, 0.717) is 5.02 Å². The Kier molecular flexibility index (Phi) is 3.52. The van der Waals surface area contributed by atoms with Gasteiger partial charge in [0.25, 0.3) is 0 Å². The van der Waals surface area contributed by atoms with Crippen LogP contribution in [-0.2, 0) is 5.41 Å². The SMILES string of the molecule is CC(C)(c1ccccc1)C(N)c1cc2cc(Cl)ccc2o1. The average Bonchev–Trinajstić information content (AvgIpc) is 2.90. The molecule has 1 aromatic heterocycles. The highest BCUT2D eigenvalue weighted by molar-refractivity contribution is 6.31. The third-order valence-corrected chi connectivity index (χ3v) is 4.33. The Balaban J connectivity index is 2.01. The molecule has 21 heavy (non-hydrogen) atoms. The second kappa shape index (κ2) is 5.21. The lowest BCUT2D eigenvalue weighted by atomic mass is 9.77. The largest absolute Gasteiger partial charge is 0.459 e. The van der Waals surface area contributed by atoms with Crippen LogP contribution in [0.5, 0.6) is 0 Å². The Morgan fingerprint density at radius 3 is 2.48 bits per heavy atom. The van der Waals surface area contributed by atoms with E-state index in [1.165, 1.54) is 5.56 Å². The smallest absolute Gasteiger partial charge is 0.134 e. The van der Waals surface area contributed by atoms with Crippen LogP contribution in [0.2, 0.25) is 5.02 Å². The summed E-state index contributed by atoms with van der Waals surface area (Å²) in [6.07, 6.45) is 0. The van der Waals surface area contributed by atoms with Crippen LogP contribution in [0.25, 0.3) is 11.0 Å². The Hall–Kier alpha value is -1.77. The molecular formula is C18H18ClNO. The predicted octanol–water partition coefficient (Wildman–Crippen LogP) is 5.06. The van der Waals surface area contributed by atoms with Crippen LogP contribution in [0.4, 0.5) is 0 Å². The summed E-state index contributed by atoms with van der Waals surface area (Å²) in [4.78, 5) is 0. The number of benzene rings is 2. The molecule has 2 nitrogen and oxygen atoms in total. The van der Waals surface area contributed by atoms with E-state index in [1.807, 2.05) is 42.5 Å². The molecule has 0 aliphatic rings. The van der Waals surface area contributed by atoms with Crippen molar-refractivity contribution in [2.45, 2.75) is 25.3 Å². The maximum atomic E-state index is 6.48. The van der Waals surface area contributed by atoms with Gasteiger partial charge in [-0.3, -0.25) is 0 Å². The van der Waals surface area contributed by atoms with Crippen molar-refractivity contribution in [3.05, 3.63) is 70.9 Å². The van der Waals surface area contributed by atoms with Gasteiger partial charge in [0.1, 0.15) is 11.3 Å². The molecular weight excluding hydrogens is 282 g/mol. The van der Waals surface area contributed by atoms with Crippen LogP contribution in [0.15, 0.2) is 59.0 Å². The molecule has 0 aliphatic carbocycles. The van der Waals surface area contributed by atoms with Crippen molar-refractivity contribution in [3.8, 4) is 0 Å². The number of rotatable bonds is 3. The van der Waals surface area contributed by atoms with Gasteiger partial charge in [-0.15, -0.1) is 0 Å². The number of fused-ring (bicyclic) bond motifs is 1. The lowest BCUT2D eigenvalue weighted by Gasteiger charge is -2.30. The van der Waals surface area contributed by atoms with Crippen LogP contribution in [0.3, 0.4) is 0 Å². The molecule has 1 unspecified atom stereocenters. The molecule has 0 aliphatic heterocycles. The summed E-state index contributed by atoms with van der Waals surface area (Å²) in [7, 11) is 0. The lowest BCUT2D eigenvalue weighted by Crippen LogP contribution is -2.32. The Morgan fingerprint density at radius 2 is 1.76 bits per heavy atom. The molecule has 108 valence electrons. The molecule has 3 heteroatoms. The molecule has 2 N–H and O–H groups in total. The van der Waals surface area contributed by atoms with Gasteiger partial charge in [0.2, 0.25) is 0 Å². The Morgan fingerprint density at radius 1 is 1.05 bits per heavy atom. The predicted molar refractivity (Wildman–Crippen MR) is 87.6 cm³/mol. The van der Waals surface area contributed by atoms with Gasteiger partial charge in [-0.25, -0.2) is 0 Å². The van der Waals surface area contributed by atoms with Crippen molar-refractivity contribution in [3.63, 3.8) is 0 Å². The summed E-state index contributed by atoms with van der Waals surface area (Å²) in [5.41, 5.74) is 8.26. The molecule has 1 heterocycles. The minimum absolute atomic E-state index is 0.223. The van der Waals surface area contributed by atoms with Gasteiger partial charge in [-0.05, 0) is 29.8 Å². The standard InChI is InChI=1S/C18H18ClNO/c1-18(2,13-6-4-3-5-7-13)17(20)16-11-12-10-14(19)8-9-15(12)21-16/h3-11,17H,20H2,1-2H3. The van der Waals surface area contributed by atoms with Crippen LogP contribution >= 0.6 is 11.6 Å². The number of nitrogens with two attached hydrogens (primary N) is 1. The minimum atomic E-state index is -0.230. The molecule has 1 atom stereocenters. The maximum Gasteiger partial charge on any atom is 0.134 e. The molecule has 0 amide bonds. The van der Waals surface area contributed by atoms with Crippen LogP contribution < -0.4 is 5.73 Å². The summed E-state index contributed by atoms with van der Waals surface area (Å²) in [5.74, 6) is 0.779. The zero-order valence-electron chi connectivity index (χ0n) is 12.1. The van der Waals surface area contributed by atoms with E-state index in [0.717, 1.165) is 16.7 Å². The average molecular weight is 300 g/mol. The first-order valence-electron chi connectivity index (χ1n) is 6.98. The molecule has 0 fully saturated rings. The molecule has 0 radical (unpaired) electrons. The van der Waals surface area contributed by atoms with E-state index in [2.05, 4.69) is 26.0 Å². The monoisotopic (exact) mass is 299 g/mol. The van der Waals surface area contributed by atoms with E-state index >= 15 is 0 Å². The molecule has 3 aromatic rings. The van der Waals surface area contributed by atoms with Crippen LogP contribution in [0.1, 0.15) is 31.2 Å². The fraction of sp³-hybridized carbons (Fsp3) is 0.222. The van der Waals surface area contributed by atoms with Gasteiger partial charge in [-0.1, -0.05) is 55.8 Å². The highest BCUT2D eigenvalue weighted by atomic mass is 35.5. The molecule has 3 rings (SSSR count). The second-order valence-electron chi connectivity index (χ2n) is 5.90. The zero-order chi connectivity index (χ0) is 15.0. The lowest BCUT2D eigenvalue weighted by molar-refractivity contribution is 0.362. The van der Waals surface area contributed by atoms with Crippen molar-refractivity contribution in [2.24, 2.45) is 5.73 Å². The van der Waals surface area contributed by atoms with E-state index in [4.69, 9.17) is 21.8 Å². The van der Waals surface area contributed by atoms with E-state index in [1.54, 1.807) is 0 Å². The molecule has 2 aromatic carbocycles. The van der Waals surface area contributed by atoms with E-state index in [-0.39, 0.29) is 11.5 Å². The summed E-state index contributed by atoms with van der Waals surface area (Å²) in [6, 6.07) is 17.6. The van der Waals surface area contributed by atoms with Crippen LogP contribution in [0, 0.1) is 0 Å². The van der Waals surface area contributed by atoms with Crippen molar-refractivity contribution < 1.29 is 4.42 Å². The third kappa shape index (κ3) is 2.57. The van der Waals surface area contributed by atoms with Gasteiger partial charge in [-0.2, -0.15) is 0 Å². The quantitative estimate of drug-likeness (QED) is 0.734. The minimum Gasteiger partial charge on any atom is -0.459 e. The van der Waals surface area contributed by atoms with Gasteiger partial charge in [0, 0.05) is 15.8 Å². The van der Waals surface area contributed by atoms with Crippen LogP contribution in [-0.4, -0.2) is 0 Å². The van der Waals surface area contributed by atoms with Gasteiger partial charge in [0.15, 0.2) is 0 Å². The summed E-state index contributed by atoms with van der Waals surface area (Å²) >= 11 is 6.02. The van der Waals surface area contributed by atoms with Gasteiger partial charge >= 0.3 is 0 Å². The Labute approximate surface area is 129 Å². The van der Waals surface area contributed by atoms with Crippen molar-refractivity contribution >= 4 is 22.6 Å². The number of halogens is 1. The molecule has 0 saturated heterocycles. The first-order valence-corrected chi connectivity index (χ1v) is 7.36. The van der Waals surface area contributed by atoms with Crippen molar-refractivity contribution in [1.82, 2.24) is 0 Å². The fourth-order valence-corrected chi connectivity index (χ4v) is 2.77. The highest BCUT2D eigenvalue weighted by Crippen LogP contribution is 2.37. The number of hydrogen-bond acceptors (Lipinski definition) is 2. The van der Waals surface area contributed by atoms with Gasteiger partial charge in [0.05, 0.1) is 6.04 Å². The summed E-state index contributed by atoms with van der Waals surface area (Å²) in [6.45, 7) is 4.26. The first-order chi connectivity index (χ1) is 9.98. The normalized spacial score (nSPS) is 13.5. The number of furan rings is 1. The van der Waals surface area contributed by atoms with Crippen molar-refractivity contribution in [2.75, 3.05) is 0 Å². The first kappa shape index (κ1) is 14.2. The molecule has 0 saturated carbocycles. The third-order valence-electron chi connectivity index (χ3n) is 4.10. The summed E-state index contributed by atoms with van der Waals surface area (Å²) < 4.78 is 5.91. The van der Waals surface area contributed by atoms with E-state index in [9.17, 15) is 0 Å². The van der Waals surface area contributed by atoms with Gasteiger partial charge < -0.3 is 10.2 Å². The fourth-order valence-electron chi connectivity index (χ4n) is 2.59.